The number of hydrogen-bond acceptors (Lipinski definition) is 5. The fourth-order valence-corrected chi connectivity index (χ4v) is 2.05. The molecule has 0 radical (unpaired) electrons. The van der Waals surface area contributed by atoms with Crippen LogP contribution in [-0.4, -0.2) is 40.0 Å². The van der Waals surface area contributed by atoms with E-state index in [0.717, 1.165) is 18.5 Å². The van der Waals surface area contributed by atoms with Crippen LogP contribution in [0.4, 0.5) is 5.69 Å². The summed E-state index contributed by atoms with van der Waals surface area (Å²) in [5.41, 5.74) is 2.11. The predicted molar refractivity (Wildman–Crippen MR) is 111 cm³/mol. The first-order valence-electron chi connectivity index (χ1n) is 9.21. The maximum Gasteiger partial charge on any atom is 0.224 e. The molecule has 0 fully saturated rings. The van der Waals surface area contributed by atoms with E-state index < -0.39 is 0 Å². The first-order chi connectivity index (χ1) is 12.8. The third kappa shape index (κ3) is 11.1. The Bertz CT molecular complexity index is 584. The monoisotopic (exact) mass is 377 g/mol. The van der Waals surface area contributed by atoms with Gasteiger partial charge in [0.15, 0.2) is 6.29 Å². The summed E-state index contributed by atoms with van der Waals surface area (Å²) < 4.78 is 4.96. The molecule has 0 saturated heterocycles. The van der Waals surface area contributed by atoms with Gasteiger partial charge >= 0.3 is 0 Å². The number of anilines is 1. The lowest BCUT2D eigenvalue weighted by Crippen LogP contribution is -2.29. The van der Waals surface area contributed by atoms with E-state index in [1.165, 1.54) is 7.11 Å². The molecule has 6 nitrogen and oxygen atoms in total. The number of carbonyl (C=O) groups excluding carboxylic acids is 2. The van der Waals surface area contributed by atoms with Crippen LogP contribution in [0.3, 0.4) is 0 Å². The standard InChI is InChI=1S/C14H26N2O3.C7H9N/c1-6-14(2,3)8-7-13(18)16-11(9-17)12(15-4)10-19-5;1-8-7-5-3-2-4-6-7/h9,15H,6-8,10H2,1-5H3,(H,16,18);2-6,8H,1H3/b12-11+;. The predicted octanol–water partition coefficient (Wildman–Crippen LogP) is 3.32. The topological polar surface area (TPSA) is 79.5 Å². The Kier molecular flexibility index (Phi) is 12.6. The first kappa shape index (κ1) is 24.7. The minimum atomic E-state index is -0.146. The van der Waals surface area contributed by atoms with Crippen LogP contribution in [-0.2, 0) is 14.3 Å². The summed E-state index contributed by atoms with van der Waals surface area (Å²) in [6.45, 7) is 6.61. The van der Waals surface area contributed by atoms with Crippen LogP contribution < -0.4 is 16.0 Å². The fraction of sp³-hybridized carbons (Fsp3) is 0.524. The van der Waals surface area contributed by atoms with Gasteiger partial charge in [-0.05, 0) is 24.0 Å². The van der Waals surface area contributed by atoms with Gasteiger partial charge < -0.3 is 20.7 Å². The highest BCUT2D eigenvalue weighted by Crippen LogP contribution is 2.25. The molecule has 1 amide bonds. The molecule has 0 heterocycles. The molecule has 0 bridgehead atoms. The molecular formula is C21H35N3O3. The van der Waals surface area contributed by atoms with Gasteiger partial charge in [0, 0.05) is 33.3 Å². The summed E-state index contributed by atoms with van der Waals surface area (Å²) in [6, 6.07) is 10.1. The van der Waals surface area contributed by atoms with Crippen molar-refractivity contribution in [3.05, 3.63) is 41.7 Å². The Balaban J connectivity index is 0.000000694. The number of allylic oxidation sites excluding steroid dienone is 1. The normalized spacial score (nSPS) is 11.5. The summed E-state index contributed by atoms with van der Waals surface area (Å²) >= 11 is 0. The van der Waals surface area contributed by atoms with Gasteiger partial charge in [-0.3, -0.25) is 9.59 Å². The molecule has 1 aromatic carbocycles. The molecule has 6 heteroatoms. The Morgan fingerprint density at radius 3 is 2.22 bits per heavy atom. The van der Waals surface area contributed by atoms with E-state index in [2.05, 4.69) is 36.7 Å². The molecule has 0 aliphatic heterocycles. The summed E-state index contributed by atoms with van der Waals surface area (Å²) in [4.78, 5) is 22.8. The molecule has 0 aliphatic rings. The van der Waals surface area contributed by atoms with Crippen LogP contribution in [0.1, 0.15) is 40.0 Å². The van der Waals surface area contributed by atoms with Gasteiger partial charge in [0.2, 0.25) is 5.91 Å². The first-order valence-corrected chi connectivity index (χ1v) is 9.21. The van der Waals surface area contributed by atoms with E-state index in [9.17, 15) is 9.59 Å². The number of likely N-dealkylation sites (N-methyl/N-ethyl adjacent to an activating group) is 1. The third-order valence-electron chi connectivity index (χ3n) is 4.36. The number of ether oxygens (including phenoxy) is 1. The van der Waals surface area contributed by atoms with Gasteiger partial charge in [0.1, 0.15) is 5.70 Å². The second-order valence-electron chi connectivity index (χ2n) is 6.88. The van der Waals surface area contributed by atoms with Crippen molar-refractivity contribution >= 4 is 17.9 Å². The maximum absolute atomic E-state index is 11.8. The van der Waals surface area contributed by atoms with Gasteiger partial charge in [-0.25, -0.2) is 0 Å². The number of amides is 1. The van der Waals surface area contributed by atoms with Gasteiger partial charge in [0.25, 0.3) is 0 Å². The SMILES string of the molecule is CCC(C)(C)CCC(=O)N/C(C=O)=C(\COC)NC.CNc1ccccc1. The number of carbonyl (C=O) groups is 2. The minimum absolute atomic E-state index is 0.140. The Labute approximate surface area is 163 Å². The Morgan fingerprint density at radius 1 is 1.19 bits per heavy atom. The molecule has 0 aromatic heterocycles. The number of hydrogen-bond donors (Lipinski definition) is 3. The molecule has 1 rings (SSSR count). The minimum Gasteiger partial charge on any atom is -0.388 e. The van der Waals surface area contributed by atoms with Crippen LogP contribution in [0.25, 0.3) is 0 Å². The Hall–Kier alpha value is -2.34. The lowest BCUT2D eigenvalue weighted by molar-refractivity contribution is -0.121. The van der Waals surface area contributed by atoms with Gasteiger partial charge in [-0.1, -0.05) is 45.4 Å². The van der Waals surface area contributed by atoms with Crippen molar-refractivity contribution in [1.29, 1.82) is 0 Å². The zero-order valence-electron chi connectivity index (χ0n) is 17.5. The van der Waals surface area contributed by atoms with Crippen LogP contribution in [0.5, 0.6) is 0 Å². The van der Waals surface area contributed by atoms with Gasteiger partial charge in [0.05, 0.1) is 12.3 Å². The number of nitrogens with one attached hydrogen (secondary N) is 3. The van der Waals surface area contributed by atoms with Crippen LogP contribution >= 0.6 is 0 Å². The van der Waals surface area contributed by atoms with Crippen LogP contribution in [0, 0.1) is 5.41 Å². The smallest absolute Gasteiger partial charge is 0.224 e. The maximum atomic E-state index is 11.8. The molecule has 3 N–H and O–H groups in total. The van der Waals surface area contributed by atoms with Crippen molar-refractivity contribution in [2.75, 3.05) is 33.1 Å². The zero-order chi connectivity index (χ0) is 20.7. The highest BCUT2D eigenvalue weighted by atomic mass is 16.5. The van der Waals surface area contributed by atoms with Crippen molar-refractivity contribution in [2.45, 2.75) is 40.0 Å². The van der Waals surface area contributed by atoms with Gasteiger partial charge in [-0.15, -0.1) is 0 Å². The van der Waals surface area contributed by atoms with E-state index in [1.807, 2.05) is 37.4 Å². The van der Waals surface area contributed by atoms with Crippen molar-refractivity contribution in [1.82, 2.24) is 10.6 Å². The second kappa shape index (κ2) is 13.8. The van der Waals surface area contributed by atoms with Crippen molar-refractivity contribution in [2.24, 2.45) is 5.41 Å². The molecule has 1 aromatic rings. The van der Waals surface area contributed by atoms with Crippen LogP contribution in [0.15, 0.2) is 41.7 Å². The van der Waals surface area contributed by atoms with Crippen molar-refractivity contribution < 1.29 is 14.3 Å². The van der Waals surface area contributed by atoms with E-state index in [-0.39, 0.29) is 23.6 Å². The molecule has 0 unspecified atom stereocenters. The van der Waals surface area contributed by atoms with Gasteiger partial charge in [-0.2, -0.15) is 0 Å². The molecular weight excluding hydrogens is 342 g/mol. The van der Waals surface area contributed by atoms with Crippen LogP contribution in [0.2, 0.25) is 0 Å². The van der Waals surface area contributed by atoms with E-state index in [4.69, 9.17) is 4.74 Å². The number of benzene rings is 1. The number of methoxy groups -OCH3 is 1. The van der Waals surface area contributed by atoms with E-state index in [1.54, 1.807) is 7.05 Å². The summed E-state index contributed by atoms with van der Waals surface area (Å²) in [5.74, 6) is -0.146. The van der Waals surface area contributed by atoms with E-state index >= 15 is 0 Å². The highest BCUT2D eigenvalue weighted by molar-refractivity contribution is 5.86. The molecule has 0 spiro atoms. The molecule has 0 aliphatic carbocycles. The summed E-state index contributed by atoms with van der Waals surface area (Å²) in [5, 5.41) is 8.51. The largest absolute Gasteiger partial charge is 0.388 e. The molecule has 0 saturated carbocycles. The Morgan fingerprint density at radius 2 is 1.81 bits per heavy atom. The average Bonchev–Trinajstić information content (AvgIpc) is 2.70. The van der Waals surface area contributed by atoms with Crippen molar-refractivity contribution in [3.63, 3.8) is 0 Å². The number of aldehydes is 1. The van der Waals surface area contributed by atoms with E-state index in [0.29, 0.717) is 18.4 Å². The molecule has 152 valence electrons. The summed E-state index contributed by atoms with van der Waals surface area (Å²) in [6.07, 6.45) is 2.85. The average molecular weight is 378 g/mol. The fourth-order valence-electron chi connectivity index (χ4n) is 2.05. The lowest BCUT2D eigenvalue weighted by Gasteiger charge is -2.22. The number of rotatable bonds is 10. The van der Waals surface area contributed by atoms with Crippen molar-refractivity contribution in [3.8, 4) is 0 Å². The lowest BCUT2D eigenvalue weighted by atomic mass is 9.85. The molecule has 27 heavy (non-hydrogen) atoms. The third-order valence-corrected chi connectivity index (χ3v) is 4.36. The highest BCUT2D eigenvalue weighted by Gasteiger charge is 2.17. The second-order valence-corrected chi connectivity index (χ2v) is 6.88. The molecule has 0 atom stereocenters. The zero-order valence-corrected chi connectivity index (χ0v) is 17.5. The number of para-hydroxylation sites is 1. The summed E-state index contributed by atoms with van der Waals surface area (Å²) in [7, 11) is 5.13. The quantitative estimate of drug-likeness (QED) is 0.431.